The quantitative estimate of drug-likeness (QED) is 0.161. The van der Waals surface area contributed by atoms with Gasteiger partial charge in [-0.05, 0) is 69.6 Å². The van der Waals surface area contributed by atoms with Gasteiger partial charge in [0.25, 0.3) is 0 Å². The lowest BCUT2D eigenvalue weighted by Gasteiger charge is -2.27. The third-order valence-electron chi connectivity index (χ3n) is 7.27. The van der Waals surface area contributed by atoms with Crippen LogP contribution in [0.5, 0.6) is 0 Å². The summed E-state index contributed by atoms with van der Waals surface area (Å²) in [6.07, 6.45) is 1.37. The fourth-order valence-electron chi connectivity index (χ4n) is 5.15. The average Bonchev–Trinajstić information content (AvgIpc) is 3.05. The van der Waals surface area contributed by atoms with E-state index in [1.165, 1.54) is 16.8 Å². The molecule has 0 bridgehead atoms. The number of hydrogen-bond donors (Lipinski definition) is 1. The van der Waals surface area contributed by atoms with Crippen LogP contribution in [0.3, 0.4) is 0 Å². The first-order valence-electron chi connectivity index (χ1n) is 13.6. The Balaban J connectivity index is 1.28. The Hall–Kier alpha value is -5.92. The molecule has 6 rings (SSSR count). The zero-order valence-corrected chi connectivity index (χ0v) is 22.7. The maximum atomic E-state index is 11.1. The molecule has 0 saturated carbocycles. The third kappa shape index (κ3) is 5.40. The van der Waals surface area contributed by atoms with Gasteiger partial charge in [-0.3, -0.25) is 0 Å². The number of para-hydroxylation sites is 1. The second kappa shape index (κ2) is 11.7. The first-order valence-corrected chi connectivity index (χ1v) is 13.6. The van der Waals surface area contributed by atoms with Crippen molar-refractivity contribution in [3.8, 4) is 28.3 Å². The van der Waals surface area contributed by atoms with E-state index in [4.69, 9.17) is 10.4 Å². The van der Waals surface area contributed by atoms with Gasteiger partial charge in [-0.1, -0.05) is 115 Å². The van der Waals surface area contributed by atoms with Gasteiger partial charge in [-0.2, -0.15) is 5.26 Å². The number of nitriles is 1. The Morgan fingerprint density at radius 1 is 0.595 bits per heavy atom. The molecule has 0 amide bonds. The van der Waals surface area contributed by atoms with E-state index in [9.17, 15) is 4.79 Å². The van der Waals surface area contributed by atoms with Crippen LogP contribution in [-0.2, 0) is 4.79 Å². The number of carboxylic acid groups (broad SMARTS) is 1. The Bertz CT molecular complexity index is 1930. The van der Waals surface area contributed by atoms with Gasteiger partial charge in [-0.25, -0.2) is 4.79 Å². The molecule has 0 heterocycles. The third-order valence-corrected chi connectivity index (χ3v) is 7.27. The Kier molecular flexibility index (Phi) is 7.31. The van der Waals surface area contributed by atoms with Crippen molar-refractivity contribution in [2.75, 3.05) is 4.90 Å². The van der Waals surface area contributed by atoms with Crippen molar-refractivity contribution in [2.24, 2.45) is 0 Å². The van der Waals surface area contributed by atoms with E-state index in [1.54, 1.807) is 6.07 Å². The molecular weight excluding hydrogens is 516 g/mol. The Morgan fingerprint density at radius 3 is 1.69 bits per heavy atom. The lowest BCUT2D eigenvalue weighted by atomic mass is 9.99. The number of anilines is 3. The largest absolute Gasteiger partial charge is 0.477 e. The van der Waals surface area contributed by atoms with Crippen molar-refractivity contribution >= 4 is 39.9 Å². The summed E-state index contributed by atoms with van der Waals surface area (Å²) >= 11 is 0. The fraction of sp³-hybridized carbons (Fsp3) is 0. The molecule has 0 aliphatic carbocycles. The summed E-state index contributed by atoms with van der Waals surface area (Å²) in [6, 6.07) is 51.5. The molecule has 1 N–H and O–H groups in total. The van der Waals surface area contributed by atoms with Crippen molar-refractivity contribution in [3.63, 3.8) is 0 Å². The summed E-state index contributed by atoms with van der Waals surface area (Å²) in [4.78, 5) is 13.4. The molecule has 0 spiro atoms. The van der Waals surface area contributed by atoms with E-state index in [-0.39, 0.29) is 5.57 Å². The van der Waals surface area contributed by atoms with Gasteiger partial charge < -0.3 is 10.0 Å². The van der Waals surface area contributed by atoms with Crippen LogP contribution in [0, 0.1) is 11.3 Å². The first-order chi connectivity index (χ1) is 20.6. The number of fused-ring (bicyclic) bond motifs is 1. The molecule has 0 saturated heterocycles. The van der Waals surface area contributed by atoms with E-state index in [1.807, 2.05) is 30.3 Å². The van der Waals surface area contributed by atoms with Gasteiger partial charge in [0.15, 0.2) is 0 Å². The first kappa shape index (κ1) is 26.3. The number of rotatable bonds is 7. The second-order valence-corrected chi connectivity index (χ2v) is 9.89. The molecule has 0 aliphatic heterocycles. The van der Waals surface area contributed by atoms with Gasteiger partial charge in [-0.15, -0.1) is 0 Å². The summed E-state index contributed by atoms with van der Waals surface area (Å²) in [7, 11) is 0. The number of nitrogens with zero attached hydrogens (tertiary/aromatic N) is 2. The fourth-order valence-corrected chi connectivity index (χ4v) is 5.15. The molecule has 42 heavy (non-hydrogen) atoms. The predicted molar refractivity (Wildman–Crippen MR) is 171 cm³/mol. The summed E-state index contributed by atoms with van der Waals surface area (Å²) in [5.74, 6) is -1.23. The smallest absolute Gasteiger partial charge is 0.346 e. The van der Waals surface area contributed by atoms with Crippen LogP contribution < -0.4 is 4.90 Å². The summed E-state index contributed by atoms with van der Waals surface area (Å²) in [6.45, 7) is 0. The van der Waals surface area contributed by atoms with Gasteiger partial charge in [0, 0.05) is 16.8 Å². The lowest BCUT2D eigenvalue weighted by molar-refractivity contribution is -0.132. The average molecular weight is 543 g/mol. The maximum absolute atomic E-state index is 11.1. The minimum absolute atomic E-state index is 0.290. The predicted octanol–water partition coefficient (Wildman–Crippen LogP) is 9.64. The highest BCUT2D eigenvalue weighted by atomic mass is 16.4. The molecule has 4 heteroatoms. The highest BCUT2D eigenvalue weighted by Crippen LogP contribution is 2.39. The van der Waals surface area contributed by atoms with Crippen LogP contribution in [0.25, 0.3) is 39.1 Å². The van der Waals surface area contributed by atoms with E-state index in [2.05, 4.69) is 120 Å². The number of carbonyl (C=O) groups is 1. The monoisotopic (exact) mass is 542 g/mol. The van der Waals surface area contributed by atoms with Crippen LogP contribution >= 0.6 is 0 Å². The van der Waals surface area contributed by atoms with Crippen molar-refractivity contribution < 1.29 is 9.90 Å². The zero-order chi connectivity index (χ0) is 28.9. The lowest BCUT2D eigenvalue weighted by Crippen LogP contribution is -2.10. The maximum Gasteiger partial charge on any atom is 0.346 e. The molecule has 0 fully saturated rings. The molecule has 0 aromatic heterocycles. The molecule has 0 atom stereocenters. The van der Waals surface area contributed by atoms with E-state index >= 15 is 0 Å². The summed E-state index contributed by atoms with van der Waals surface area (Å²) in [5.41, 5.74) is 7.98. The molecule has 6 aromatic carbocycles. The van der Waals surface area contributed by atoms with Crippen LogP contribution in [0.2, 0.25) is 0 Å². The van der Waals surface area contributed by atoms with Crippen molar-refractivity contribution in [3.05, 3.63) is 157 Å². The molecule has 0 aliphatic rings. The van der Waals surface area contributed by atoms with Gasteiger partial charge in [0.1, 0.15) is 11.6 Å². The molecule has 0 radical (unpaired) electrons. The van der Waals surface area contributed by atoms with E-state index in [0.29, 0.717) is 5.56 Å². The van der Waals surface area contributed by atoms with Gasteiger partial charge >= 0.3 is 5.97 Å². The minimum Gasteiger partial charge on any atom is -0.477 e. The van der Waals surface area contributed by atoms with Gasteiger partial charge in [0.05, 0.1) is 5.69 Å². The molecule has 4 nitrogen and oxygen atoms in total. The zero-order valence-electron chi connectivity index (χ0n) is 22.7. The topological polar surface area (TPSA) is 64.3 Å². The van der Waals surface area contributed by atoms with E-state index < -0.39 is 5.97 Å². The van der Waals surface area contributed by atoms with Crippen LogP contribution in [0.4, 0.5) is 17.1 Å². The van der Waals surface area contributed by atoms with Crippen LogP contribution in [-0.4, -0.2) is 11.1 Å². The normalized spacial score (nSPS) is 11.2. The highest BCUT2D eigenvalue weighted by Gasteiger charge is 2.15. The molecule has 0 unspecified atom stereocenters. The van der Waals surface area contributed by atoms with Crippen molar-refractivity contribution in [2.45, 2.75) is 0 Å². The van der Waals surface area contributed by atoms with Crippen LogP contribution in [0.1, 0.15) is 5.56 Å². The summed E-state index contributed by atoms with van der Waals surface area (Å²) in [5, 5.41) is 20.5. The van der Waals surface area contributed by atoms with Crippen LogP contribution in [0.15, 0.2) is 151 Å². The number of hydrogen-bond acceptors (Lipinski definition) is 3. The van der Waals surface area contributed by atoms with Gasteiger partial charge in [0.2, 0.25) is 0 Å². The standard InChI is InChI=1S/C38H26N2O2/c39-26-33(38(41)42)25-27-13-15-28(16-14-27)29-17-19-30(20-18-29)31-21-23-35(24-22-31)40(34-9-2-1-3-10-34)37-12-6-8-32-7-4-5-11-36(32)37/h1-25H,(H,41,42). The molecular formula is C38H26N2O2. The molecule has 200 valence electrons. The van der Waals surface area contributed by atoms with Crippen molar-refractivity contribution in [1.82, 2.24) is 0 Å². The number of aliphatic carboxylic acids is 1. The number of carboxylic acids is 1. The molecule has 6 aromatic rings. The van der Waals surface area contributed by atoms with E-state index in [0.717, 1.165) is 39.3 Å². The highest BCUT2D eigenvalue weighted by molar-refractivity contribution is 5.99. The SMILES string of the molecule is N#CC(=Cc1ccc(-c2ccc(-c3ccc(N(c4ccccc4)c4cccc5ccccc45)cc3)cc2)cc1)C(=O)O. The Morgan fingerprint density at radius 2 is 1.10 bits per heavy atom. The minimum atomic E-state index is -1.23. The Labute approximate surface area is 244 Å². The van der Waals surface area contributed by atoms with Crippen molar-refractivity contribution in [1.29, 1.82) is 5.26 Å². The number of benzene rings is 6. The summed E-state index contributed by atoms with van der Waals surface area (Å²) < 4.78 is 0. The second-order valence-electron chi connectivity index (χ2n) is 9.89.